The number of carbonyl (C=O) groups excluding carboxylic acids is 1. The maximum atomic E-state index is 12.9. The summed E-state index contributed by atoms with van der Waals surface area (Å²) in [7, 11) is -2.60. The van der Waals surface area contributed by atoms with Crippen LogP contribution in [0.2, 0.25) is 0 Å². The normalized spacial score (nSPS) is 18.2. The van der Waals surface area contributed by atoms with Crippen molar-refractivity contribution in [1.29, 1.82) is 0 Å². The van der Waals surface area contributed by atoms with E-state index in [1.54, 1.807) is 6.92 Å². The van der Waals surface area contributed by atoms with E-state index in [0.717, 1.165) is 4.31 Å². The lowest BCUT2D eigenvalue weighted by atomic mass is 10.1. The summed E-state index contributed by atoms with van der Waals surface area (Å²) in [5, 5.41) is 9.25. The number of sulfonamides is 1. The highest BCUT2D eigenvalue weighted by atomic mass is 32.2. The van der Waals surface area contributed by atoms with Crippen LogP contribution in [0.5, 0.6) is 0 Å². The fourth-order valence-corrected chi connectivity index (χ4v) is 4.55. The van der Waals surface area contributed by atoms with Crippen LogP contribution in [0.3, 0.4) is 0 Å². The number of aliphatic carboxylic acids is 1. The lowest BCUT2D eigenvalue weighted by Crippen LogP contribution is -2.40. The summed E-state index contributed by atoms with van der Waals surface area (Å²) in [6, 6.07) is 3.00. The van der Waals surface area contributed by atoms with Crippen molar-refractivity contribution in [2.75, 3.05) is 20.3 Å². The molecular formula is C16H21NO7S. The molecule has 1 aromatic rings. The van der Waals surface area contributed by atoms with Crippen molar-refractivity contribution in [1.82, 2.24) is 4.31 Å². The van der Waals surface area contributed by atoms with Crippen LogP contribution in [-0.4, -0.2) is 56.1 Å². The maximum absolute atomic E-state index is 12.9. The SMILES string of the molecule is CCOC(=O)c1cc(COC)cc(S(=O)(=O)N2CCC[C@@H]2C(=O)O)c1. The Morgan fingerprint density at radius 2 is 2.04 bits per heavy atom. The van der Waals surface area contributed by atoms with E-state index < -0.39 is 28.0 Å². The fourth-order valence-electron chi connectivity index (χ4n) is 2.80. The highest BCUT2D eigenvalue weighted by Crippen LogP contribution is 2.28. The van der Waals surface area contributed by atoms with Crippen molar-refractivity contribution in [3.8, 4) is 0 Å². The Morgan fingerprint density at radius 1 is 1.32 bits per heavy atom. The summed E-state index contributed by atoms with van der Waals surface area (Å²) >= 11 is 0. The van der Waals surface area contributed by atoms with Crippen LogP contribution in [0.25, 0.3) is 0 Å². The summed E-state index contributed by atoms with van der Waals surface area (Å²) < 4.78 is 36.7. The van der Waals surface area contributed by atoms with Gasteiger partial charge in [-0.25, -0.2) is 13.2 Å². The molecule has 138 valence electrons. The van der Waals surface area contributed by atoms with E-state index in [0.29, 0.717) is 12.0 Å². The van der Waals surface area contributed by atoms with E-state index in [2.05, 4.69) is 0 Å². The van der Waals surface area contributed by atoms with Gasteiger partial charge < -0.3 is 14.6 Å². The van der Waals surface area contributed by atoms with Gasteiger partial charge in [-0.15, -0.1) is 0 Å². The van der Waals surface area contributed by atoms with Crippen molar-refractivity contribution in [3.63, 3.8) is 0 Å². The minimum atomic E-state index is -4.06. The number of carboxylic acids is 1. The smallest absolute Gasteiger partial charge is 0.338 e. The summed E-state index contributed by atoms with van der Waals surface area (Å²) in [5.74, 6) is -1.83. The Kier molecular flexibility index (Phi) is 6.15. The highest BCUT2D eigenvalue weighted by Gasteiger charge is 2.39. The Balaban J connectivity index is 2.48. The first-order valence-electron chi connectivity index (χ1n) is 7.86. The number of methoxy groups -OCH3 is 1. The van der Waals surface area contributed by atoms with Gasteiger partial charge in [-0.3, -0.25) is 4.79 Å². The van der Waals surface area contributed by atoms with Crippen molar-refractivity contribution in [2.45, 2.75) is 37.3 Å². The molecule has 1 saturated heterocycles. The van der Waals surface area contributed by atoms with Crippen LogP contribution in [0.4, 0.5) is 0 Å². The maximum Gasteiger partial charge on any atom is 0.338 e. The average molecular weight is 371 g/mol. The topological polar surface area (TPSA) is 110 Å². The second-order valence-electron chi connectivity index (χ2n) is 5.63. The second-order valence-corrected chi connectivity index (χ2v) is 7.52. The zero-order valence-corrected chi connectivity index (χ0v) is 14.9. The first kappa shape index (κ1) is 19.4. The molecule has 1 aromatic carbocycles. The van der Waals surface area contributed by atoms with Gasteiger partial charge in [-0.2, -0.15) is 4.31 Å². The number of rotatable bonds is 7. The molecule has 1 N–H and O–H groups in total. The molecule has 0 amide bonds. The van der Waals surface area contributed by atoms with Gasteiger partial charge in [0, 0.05) is 13.7 Å². The molecule has 0 aromatic heterocycles. The highest BCUT2D eigenvalue weighted by molar-refractivity contribution is 7.89. The number of hydrogen-bond acceptors (Lipinski definition) is 6. The molecular weight excluding hydrogens is 350 g/mol. The van der Waals surface area contributed by atoms with E-state index in [-0.39, 0.29) is 36.6 Å². The Morgan fingerprint density at radius 3 is 2.64 bits per heavy atom. The number of carbonyl (C=O) groups is 2. The first-order valence-corrected chi connectivity index (χ1v) is 9.30. The minimum absolute atomic E-state index is 0.0843. The van der Waals surface area contributed by atoms with E-state index in [4.69, 9.17) is 9.47 Å². The molecule has 1 atom stereocenters. The second kappa shape index (κ2) is 7.94. The minimum Gasteiger partial charge on any atom is -0.480 e. The molecule has 1 aliphatic heterocycles. The third-order valence-electron chi connectivity index (χ3n) is 3.88. The first-order chi connectivity index (χ1) is 11.8. The van der Waals surface area contributed by atoms with Crippen LogP contribution < -0.4 is 0 Å². The van der Waals surface area contributed by atoms with Crippen LogP contribution >= 0.6 is 0 Å². The summed E-state index contributed by atoms with van der Waals surface area (Å²) in [5.41, 5.74) is 0.568. The standard InChI is InChI=1S/C16H21NO7S/c1-3-24-16(20)12-7-11(10-23-2)8-13(9-12)25(21,22)17-6-4-5-14(17)15(18)19/h7-9,14H,3-6,10H2,1-2H3,(H,18,19)/t14-/m1/s1. The van der Waals surface area contributed by atoms with Gasteiger partial charge in [0.15, 0.2) is 0 Å². The molecule has 8 nitrogen and oxygen atoms in total. The van der Waals surface area contributed by atoms with Gasteiger partial charge >= 0.3 is 11.9 Å². The molecule has 0 saturated carbocycles. The molecule has 0 aliphatic carbocycles. The van der Waals surface area contributed by atoms with Crippen LogP contribution in [0.1, 0.15) is 35.7 Å². The quantitative estimate of drug-likeness (QED) is 0.718. The van der Waals surface area contributed by atoms with Crippen molar-refractivity contribution >= 4 is 22.0 Å². The number of ether oxygens (including phenoxy) is 2. The Bertz CT molecular complexity index is 760. The molecule has 2 rings (SSSR count). The lowest BCUT2D eigenvalue weighted by molar-refractivity contribution is -0.140. The molecule has 0 bridgehead atoms. The zero-order valence-electron chi connectivity index (χ0n) is 14.1. The number of hydrogen-bond donors (Lipinski definition) is 1. The predicted octanol–water partition coefficient (Wildman–Crippen LogP) is 1.25. The lowest BCUT2D eigenvalue weighted by Gasteiger charge is -2.21. The molecule has 0 radical (unpaired) electrons. The Hall–Kier alpha value is -1.97. The zero-order chi connectivity index (χ0) is 18.6. The molecule has 25 heavy (non-hydrogen) atoms. The van der Waals surface area contributed by atoms with Gasteiger partial charge in [0.2, 0.25) is 10.0 Å². The van der Waals surface area contributed by atoms with E-state index in [9.17, 15) is 23.1 Å². The monoisotopic (exact) mass is 371 g/mol. The average Bonchev–Trinajstić information content (AvgIpc) is 3.06. The number of esters is 1. The van der Waals surface area contributed by atoms with Gasteiger partial charge in [-0.05, 0) is 43.5 Å². The van der Waals surface area contributed by atoms with Gasteiger partial charge in [0.1, 0.15) is 6.04 Å². The van der Waals surface area contributed by atoms with Gasteiger partial charge in [0.05, 0.1) is 23.7 Å². The summed E-state index contributed by atoms with van der Waals surface area (Å²) in [6.07, 6.45) is 0.732. The van der Waals surface area contributed by atoms with E-state index in [1.165, 1.54) is 25.3 Å². The molecule has 1 fully saturated rings. The van der Waals surface area contributed by atoms with Crippen LogP contribution in [0.15, 0.2) is 23.1 Å². The van der Waals surface area contributed by atoms with Gasteiger partial charge in [0.25, 0.3) is 0 Å². The van der Waals surface area contributed by atoms with Crippen LogP contribution in [-0.2, 0) is 30.9 Å². The molecule has 0 spiro atoms. The van der Waals surface area contributed by atoms with E-state index >= 15 is 0 Å². The molecule has 1 aliphatic rings. The van der Waals surface area contributed by atoms with Crippen molar-refractivity contribution < 1.29 is 32.6 Å². The number of benzene rings is 1. The van der Waals surface area contributed by atoms with Crippen molar-refractivity contribution in [3.05, 3.63) is 29.3 Å². The summed E-state index contributed by atoms with van der Waals surface area (Å²) in [4.78, 5) is 23.2. The predicted molar refractivity (Wildman–Crippen MR) is 87.7 cm³/mol. The molecule has 1 heterocycles. The summed E-state index contributed by atoms with van der Waals surface area (Å²) in [6.45, 7) is 2.04. The number of nitrogens with zero attached hydrogens (tertiary/aromatic N) is 1. The fraction of sp³-hybridized carbons (Fsp3) is 0.500. The van der Waals surface area contributed by atoms with Crippen LogP contribution in [0, 0.1) is 0 Å². The molecule has 0 unspecified atom stereocenters. The molecule has 9 heteroatoms. The number of carboxylic acid groups (broad SMARTS) is 1. The van der Waals surface area contributed by atoms with E-state index in [1.807, 2.05) is 0 Å². The largest absolute Gasteiger partial charge is 0.480 e. The van der Waals surface area contributed by atoms with Crippen molar-refractivity contribution in [2.24, 2.45) is 0 Å². The van der Waals surface area contributed by atoms with Gasteiger partial charge in [-0.1, -0.05) is 0 Å². The third-order valence-corrected chi connectivity index (χ3v) is 5.77. The Labute approximate surface area is 146 Å². The third kappa shape index (κ3) is 4.17.